The first-order valence-corrected chi connectivity index (χ1v) is 5.76. The van der Waals surface area contributed by atoms with Gasteiger partial charge in [-0.1, -0.05) is 0 Å². The molecule has 0 fully saturated rings. The third kappa shape index (κ3) is 4.09. The number of nitro groups is 1. The highest BCUT2D eigenvalue weighted by atomic mass is 16.6. The molecule has 0 amide bonds. The molecule has 0 atom stereocenters. The Balaban J connectivity index is 3.18. The number of ether oxygens (including phenoxy) is 1. The van der Waals surface area contributed by atoms with Gasteiger partial charge in [0.1, 0.15) is 0 Å². The average Bonchev–Trinajstić information content (AvgIpc) is 2.36. The second-order valence-electron chi connectivity index (χ2n) is 4.03. The second-order valence-corrected chi connectivity index (χ2v) is 4.03. The highest BCUT2D eigenvalue weighted by molar-refractivity contribution is 5.90. The molecule has 102 valence electrons. The SMILES string of the molecule is CCOC(=O)c1ccc([N+](=O)[O-])c(/C=C/N(C)C)c1. The van der Waals surface area contributed by atoms with E-state index in [9.17, 15) is 14.9 Å². The Kier molecular flexibility index (Phi) is 5.05. The third-order valence-electron chi connectivity index (χ3n) is 2.29. The molecule has 0 aliphatic heterocycles. The van der Waals surface area contributed by atoms with Crippen molar-refractivity contribution in [2.75, 3.05) is 20.7 Å². The van der Waals surface area contributed by atoms with E-state index in [0.29, 0.717) is 11.1 Å². The molecule has 0 aliphatic carbocycles. The Hall–Kier alpha value is -2.37. The minimum absolute atomic E-state index is 0.0499. The van der Waals surface area contributed by atoms with Gasteiger partial charge in [-0.2, -0.15) is 0 Å². The van der Waals surface area contributed by atoms with Crippen molar-refractivity contribution in [2.24, 2.45) is 0 Å². The van der Waals surface area contributed by atoms with E-state index in [2.05, 4.69) is 0 Å². The zero-order valence-electron chi connectivity index (χ0n) is 11.1. The lowest BCUT2D eigenvalue weighted by Crippen LogP contribution is -2.06. The minimum Gasteiger partial charge on any atom is -0.462 e. The summed E-state index contributed by atoms with van der Waals surface area (Å²) in [7, 11) is 3.61. The number of rotatable bonds is 5. The number of benzene rings is 1. The number of hydrogen-bond acceptors (Lipinski definition) is 5. The maximum absolute atomic E-state index is 11.6. The Morgan fingerprint density at radius 2 is 2.16 bits per heavy atom. The summed E-state index contributed by atoms with van der Waals surface area (Å²) in [6.45, 7) is 1.97. The van der Waals surface area contributed by atoms with Gasteiger partial charge in [0.15, 0.2) is 0 Å². The van der Waals surface area contributed by atoms with E-state index in [1.165, 1.54) is 18.2 Å². The molecule has 0 aliphatic rings. The van der Waals surface area contributed by atoms with Crippen LogP contribution >= 0.6 is 0 Å². The number of hydrogen-bond donors (Lipinski definition) is 0. The van der Waals surface area contributed by atoms with Crippen LogP contribution in [0.15, 0.2) is 24.4 Å². The molecule has 0 spiro atoms. The van der Waals surface area contributed by atoms with Gasteiger partial charge in [0, 0.05) is 20.2 Å². The van der Waals surface area contributed by atoms with Crippen molar-refractivity contribution in [2.45, 2.75) is 6.92 Å². The van der Waals surface area contributed by atoms with Gasteiger partial charge < -0.3 is 9.64 Å². The van der Waals surface area contributed by atoms with Gasteiger partial charge in [-0.15, -0.1) is 0 Å². The monoisotopic (exact) mass is 264 g/mol. The van der Waals surface area contributed by atoms with Gasteiger partial charge >= 0.3 is 5.97 Å². The Morgan fingerprint density at radius 3 is 2.68 bits per heavy atom. The normalized spacial score (nSPS) is 10.5. The van der Waals surface area contributed by atoms with Crippen molar-refractivity contribution in [3.05, 3.63) is 45.6 Å². The highest BCUT2D eigenvalue weighted by Gasteiger charge is 2.15. The lowest BCUT2D eigenvalue weighted by Gasteiger charge is -2.06. The van der Waals surface area contributed by atoms with E-state index in [0.717, 1.165) is 0 Å². The standard InChI is InChI=1S/C13H16N2O4/c1-4-19-13(16)11-5-6-12(15(17)18)10(9-11)7-8-14(2)3/h5-9H,4H2,1-3H3/b8-7+. The number of carbonyl (C=O) groups is 1. The van der Waals surface area contributed by atoms with Crippen LogP contribution in [0.4, 0.5) is 5.69 Å². The van der Waals surface area contributed by atoms with Crippen LogP contribution in [-0.2, 0) is 4.74 Å². The molecule has 0 unspecified atom stereocenters. The van der Waals surface area contributed by atoms with E-state index in [4.69, 9.17) is 4.74 Å². The van der Waals surface area contributed by atoms with Crippen molar-refractivity contribution in [3.63, 3.8) is 0 Å². The fourth-order valence-corrected chi connectivity index (χ4v) is 1.43. The van der Waals surface area contributed by atoms with Crippen molar-refractivity contribution in [1.29, 1.82) is 0 Å². The largest absolute Gasteiger partial charge is 0.462 e. The van der Waals surface area contributed by atoms with E-state index in [-0.39, 0.29) is 12.3 Å². The summed E-state index contributed by atoms with van der Waals surface area (Å²) in [5.74, 6) is -0.489. The molecule has 6 heteroatoms. The van der Waals surface area contributed by atoms with Crippen molar-refractivity contribution in [1.82, 2.24) is 4.90 Å². The van der Waals surface area contributed by atoms with Crippen LogP contribution in [0, 0.1) is 10.1 Å². The summed E-state index contributed by atoms with van der Waals surface area (Å²) in [5.41, 5.74) is 0.612. The number of nitrogens with zero attached hydrogens (tertiary/aromatic N) is 2. The maximum atomic E-state index is 11.6. The van der Waals surface area contributed by atoms with Crippen LogP contribution in [0.1, 0.15) is 22.8 Å². The number of carbonyl (C=O) groups excluding carboxylic acids is 1. The first-order chi connectivity index (χ1) is 8.95. The molecule has 19 heavy (non-hydrogen) atoms. The van der Waals surface area contributed by atoms with E-state index in [1.54, 1.807) is 38.2 Å². The van der Waals surface area contributed by atoms with Crippen LogP contribution in [0.3, 0.4) is 0 Å². The molecule has 6 nitrogen and oxygen atoms in total. The molecule has 0 heterocycles. The minimum atomic E-state index is -0.489. The lowest BCUT2D eigenvalue weighted by atomic mass is 10.1. The molecular weight excluding hydrogens is 248 g/mol. The zero-order chi connectivity index (χ0) is 14.4. The van der Waals surface area contributed by atoms with Gasteiger partial charge in [0.2, 0.25) is 0 Å². The summed E-state index contributed by atoms with van der Waals surface area (Å²) < 4.78 is 4.87. The molecule has 0 aromatic heterocycles. The van der Waals surface area contributed by atoms with Crippen LogP contribution in [0.5, 0.6) is 0 Å². The highest BCUT2D eigenvalue weighted by Crippen LogP contribution is 2.22. The van der Waals surface area contributed by atoms with Crippen LogP contribution in [-0.4, -0.2) is 36.5 Å². The van der Waals surface area contributed by atoms with Gasteiger partial charge in [0.25, 0.3) is 5.69 Å². The topological polar surface area (TPSA) is 72.7 Å². The smallest absolute Gasteiger partial charge is 0.338 e. The average molecular weight is 264 g/mol. The summed E-state index contributed by atoms with van der Waals surface area (Å²) >= 11 is 0. The maximum Gasteiger partial charge on any atom is 0.338 e. The molecule has 1 rings (SSSR count). The Labute approximate surface area is 111 Å². The number of nitro benzene ring substituents is 1. The summed E-state index contributed by atoms with van der Waals surface area (Å²) in [6, 6.07) is 4.15. The van der Waals surface area contributed by atoms with Crippen LogP contribution < -0.4 is 0 Å². The molecule has 0 radical (unpaired) electrons. The van der Waals surface area contributed by atoms with Crippen molar-refractivity contribution >= 4 is 17.7 Å². The predicted molar refractivity (Wildman–Crippen MR) is 71.8 cm³/mol. The van der Waals surface area contributed by atoms with Gasteiger partial charge in [0.05, 0.1) is 22.7 Å². The zero-order valence-corrected chi connectivity index (χ0v) is 11.1. The number of esters is 1. The first kappa shape index (κ1) is 14.7. The van der Waals surface area contributed by atoms with Crippen LogP contribution in [0.25, 0.3) is 6.08 Å². The molecule has 0 bridgehead atoms. The summed E-state index contributed by atoms with van der Waals surface area (Å²) in [6.07, 6.45) is 3.26. The Bertz CT molecular complexity index is 509. The molecule has 1 aromatic carbocycles. The fourth-order valence-electron chi connectivity index (χ4n) is 1.43. The molecular formula is C13H16N2O4. The van der Waals surface area contributed by atoms with Gasteiger partial charge in [-0.25, -0.2) is 4.79 Å². The second kappa shape index (κ2) is 6.53. The fraction of sp³-hybridized carbons (Fsp3) is 0.308. The summed E-state index contributed by atoms with van der Waals surface area (Å²) in [5, 5.41) is 10.9. The van der Waals surface area contributed by atoms with Crippen LogP contribution in [0.2, 0.25) is 0 Å². The first-order valence-electron chi connectivity index (χ1n) is 5.76. The third-order valence-corrected chi connectivity index (χ3v) is 2.29. The van der Waals surface area contributed by atoms with Gasteiger partial charge in [-0.3, -0.25) is 10.1 Å². The molecule has 1 aromatic rings. The molecule has 0 saturated heterocycles. The Morgan fingerprint density at radius 1 is 1.47 bits per heavy atom. The predicted octanol–water partition coefficient (Wildman–Crippen LogP) is 2.30. The van der Waals surface area contributed by atoms with Gasteiger partial charge in [-0.05, 0) is 31.3 Å². The van der Waals surface area contributed by atoms with Crippen molar-refractivity contribution in [3.8, 4) is 0 Å². The van der Waals surface area contributed by atoms with E-state index >= 15 is 0 Å². The molecule has 0 N–H and O–H groups in total. The lowest BCUT2D eigenvalue weighted by molar-refractivity contribution is -0.385. The quantitative estimate of drug-likeness (QED) is 0.463. The van der Waals surface area contributed by atoms with Crippen molar-refractivity contribution < 1.29 is 14.5 Å². The van der Waals surface area contributed by atoms with E-state index < -0.39 is 10.9 Å². The molecule has 0 saturated carbocycles. The summed E-state index contributed by atoms with van der Waals surface area (Å²) in [4.78, 5) is 23.8. The van der Waals surface area contributed by atoms with E-state index in [1.807, 2.05) is 0 Å².